The molecule has 0 aromatic heterocycles. The Morgan fingerprint density at radius 3 is 2.75 bits per heavy atom. The third kappa shape index (κ3) is 2.77. The van der Waals surface area contributed by atoms with Gasteiger partial charge < -0.3 is 10.5 Å². The quantitative estimate of drug-likeness (QED) is 0.438. The Labute approximate surface area is 90.0 Å². The van der Waals surface area contributed by atoms with Crippen LogP contribution < -0.4 is 10.5 Å². The number of nitrogens with zero attached hydrogens (tertiary/aromatic N) is 1. The molecule has 7 nitrogen and oxygen atoms in total. The van der Waals surface area contributed by atoms with Crippen molar-refractivity contribution in [2.24, 2.45) is 5.73 Å². The van der Waals surface area contributed by atoms with Crippen molar-refractivity contribution in [3.05, 3.63) is 33.9 Å². The van der Waals surface area contributed by atoms with Crippen LogP contribution in [-0.4, -0.2) is 23.7 Å². The first-order valence-corrected chi connectivity index (χ1v) is 4.19. The Morgan fingerprint density at radius 1 is 1.56 bits per heavy atom. The monoisotopic (exact) mass is 224 g/mol. The lowest BCUT2D eigenvalue weighted by Gasteiger charge is -2.04. The first-order chi connectivity index (χ1) is 7.54. The van der Waals surface area contributed by atoms with Crippen molar-refractivity contribution in [3.63, 3.8) is 0 Å². The molecule has 2 N–H and O–H groups in total. The summed E-state index contributed by atoms with van der Waals surface area (Å²) in [5, 5.41) is 10.6. The van der Waals surface area contributed by atoms with Crippen molar-refractivity contribution in [1.82, 2.24) is 0 Å². The van der Waals surface area contributed by atoms with Crippen molar-refractivity contribution >= 4 is 17.9 Å². The summed E-state index contributed by atoms with van der Waals surface area (Å²) in [6.45, 7) is -0.483. The maximum absolute atomic E-state index is 10.6. The number of carbonyl (C=O) groups is 2. The van der Waals surface area contributed by atoms with Crippen LogP contribution in [0.3, 0.4) is 0 Å². The minimum Gasteiger partial charge on any atom is -0.477 e. The van der Waals surface area contributed by atoms with E-state index in [0.29, 0.717) is 6.29 Å². The van der Waals surface area contributed by atoms with Gasteiger partial charge in [0.15, 0.2) is 12.4 Å². The van der Waals surface area contributed by atoms with Crippen molar-refractivity contribution in [2.75, 3.05) is 6.61 Å². The second-order valence-corrected chi connectivity index (χ2v) is 2.86. The van der Waals surface area contributed by atoms with E-state index >= 15 is 0 Å². The predicted octanol–water partition coefficient (Wildman–Crippen LogP) is 0.271. The van der Waals surface area contributed by atoms with Gasteiger partial charge in [0.25, 0.3) is 5.91 Å². The number of aldehydes is 1. The van der Waals surface area contributed by atoms with E-state index < -0.39 is 17.4 Å². The van der Waals surface area contributed by atoms with Crippen molar-refractivity contribution in [2.45, 2.75) is 0 Å². The molecule has 0 atom stereocenters. The predicted molar refractivity (Wildman–Crippen MR) is 53.2 cm³/mol. The highest BCUT2D eigenvalue weighted by Gasteiger charge is 2.16. The molecule has 7 heteroatoms. The van der Waals surface area contributed by atoms with E-state index in [-0.39, 0.29) is 17.0 Å². The fourth-order valence-electron chi connectivity index (χ4n) is 1.02. The molecule has 0 spiro atoms. The second-order valence-electron chi connectivity index (χ2n) is 2.86. The fourth-order valence-corrected chi connectivity index (χ4v) is 1.02. The molecule has 0 radical (unpaired) electrons. The first-order valence-electron chi connectivity index (χ1n) is 4.19. The second kappa shape index (κ2) is 4.87. The molecular weight excluding hydrogens is 216 g/mol. The number of hydrogen-bond acceptors (Lipinski definition) is 5. The van der Waals surface area contributed by atoms with Crippen molar-refractivity contribution in [1.29, 1.82) is 0 Å². The van der Waals surface area contributed by atoms with Crippen molar-refractivity contribution < 1.29 is 19.2 Å². The van der Waals surface area contributed by atoms with Gasteiger partial charge in [-0.25, -0.2) is 0 Å². The van der Waals surface area contributed by atoms with E-state index in [2.05, 4.69) is 0 Å². The van der Waals surface area contributed by atoms with Crippen LogP contribution in [0.15, 0.2) is 18.2 Å². The number of rotatable bonds is 5. The summed E-state index contributed by atoms with van der Waals surface area (Å²) in [5.74, 6) is -0.917. The maximum Gasteiger partial charge on any atom is 0.310 e. The standard InChI is InChI=1S/C9H8N2O5/c10-9(13)5-16-8-3-6(4-12)1-2-7(8)11(14)15/h1-4H,5H2,(H2,10,13). The summed E-state index contributed by atoms with van der Waals surface area (Å²) in [4.78, 5) is 30.8. The van der Waals surface area contributed by atoms with E-state index in [9.17, 15) is 19.7 Å². The van der Waals surface area contributed by atoms with E-state index in [1.165, 1.54) is 12.1 Å². The number of nitro benzene ring substituents is 1. The van der Waals surface area contributed by atoms with E-state index in [4.69, 9.17) is 10.5 Å². The zero-order chi connectivity index (χ0) is 12.1. The number of benzene rings is 1. The molecule has 0 saturated carbocycles. The SMILES string of the molecule is NC(=O)COc1cc(C=O)ccc1[N+](=O)[O-]. The van der Waals surface area contributed by atoms with Gasteiger partial charge >= 0.3 is 5.69 Å². The Morgan fingerprint density at radius 2 is 2.25 bits per heavy atom. The molecule has 1 aromatic carbocycles. The number of primary amides is 1. The van der Waals surface area contributed by atoms with Crippen molar-refractivity contribution in [3.8, 4) is 5.75 Å². The van der Waals surface area contributed by atoms with Gasteiger partial charge in [0.1, 0.15) is 6.29 Å². The van der Waals surface area contributed by atoms with Crippen LogP contribution in [0.5, 0.6) is 5.75 Å². The molecule has 0 bridgehead atoms. The van der Waals surface area contributed by atoms with Crippen LogP contribution >= 0.6 is 0 Å². The van der Waals surface area contributed by atoms with Crippen LogP contribution in [0.4, 0.5) is 5.69 Å². The summed E-state index contributed by atoms with van der Waals surface area (Å²) in [6.07, 6.45) is 0.515. The van der Waals surface area contributed by atoms with Gasteiger partial charge in [-0.2, -0.15) is 0 Å². The Balaban J connectivity index is 3.04. The number of hydrogen-bond donors (Lipinski definition) is 1. The number of nitrogens with two attached hydrogens (primary N) is 1. The summed E-state index contributed by atoms with van der Waals surface area (Å²) < 4.78 is 4.83. The first kappa shape index (κ1) is 11.6. The maximum atomic E-state index is 10.6. The smallest absolute Gasteiger partial charge is 0.310 e. The van der Waals surface area contributed by atoms with E-state index in [0.717, 1.165) is 6.07 Å². The van der Waals surface area contributed by atoms with Crippen LogP contribution in [0.25, 0.3) is 0 Å². The molecule has 0 saturated heterocycles. The summed E-state index contributed by atoms with van der Waals surface area (Å²) >= 11 is 0. The van der Waals surface area contributed by atoms with Crippen LogP contribution in [0, 0.1) is 10.1 Å². The highest BCUT2D eigenvalue weighted by Crippen LogP contribution is 2.27. The van der Waals surface area contributed by atoms with Crippen LogP contribution in [-0.2, 0) is 4.79 Å². The lowest BCUT2D eigenvalue weighted by molar-refractivity contribution is -0.385. The third-order valence-electron chi connectivity index (χ3n) is 1.69. The highest BCUT2D eigenvalue weighted by molar-refractivity contribution is 5.78. The van der Waals surface area contributed by atoms with E-state index in [1.54, 1.807) is 0 Å². The number of carbonyl (C=O) groups excluding carboxylic acids is 2. The lowest BCUT2D eigenvalue weighted by Crippen LogP contribution is -2.20. The summed E-state index contributed by atoms with van der Waals surface area (Å²) in [7, 11) is 0. The molecule has 0 aliphatic rings. The average Bonchev–Trinajstić information content (AvgIpc) is 2.25. The van der Waals surface area contributed by atoms with Gasteiger partial charge in [0, 0.05) is 11.6 Å². The lowest BCUT2D eigenvalue weighted by atomic mass is 10.2. The van der Waals surface area contributed by atoms with Crippen LogP contribution in [0.1, 0.15) is 10.4 Å². The molecule has 1 aromatic rings. The number of amides is 1. The molecule has 84 valence electrons. The normalized spacial score (nSPS) is 9.50. The fraction of sp³-hybridized carbons (Fsp3) is 0.111. The number of ether oxygens (including phenoxy) is 1. The molecule has 0 unspecified atom stereocenters. The van der Waals surface area contributed by atoms with Gasteiger partial charge in [0.2, 0.25) is 0 Å². The molecule has 0 fully saturated rings. The molecule has 1 rings (SSSR count). The molecule has 1 amide bonds. The average molecular weight is 224 g/mol. The molecular formula is C9H8N2O5. The molecule has 0 heterocycles. The van der Waals surface area contributed by atoms with Gasteiger partial charge in [-0.3, -0.25) is 19.7 Å². The molecule has 16 heavy (non-hydrogen) atoms. The van der Waals surface area contributed by atoms with Gasteiger partial charge in [-0.05, 0) is 12.1 Å². The van der Waals surface area contributed by atoms with Crippen LogP contribution in [0.2, 0.25) is 0 Å². The van der Waals surface area contributed by atoms with Gasteiger partial charge in [-0.15, -0.1) is 0 Å². The zero-order valence-electron chi connectivity index (χ0n) is 8.08. The third-order valence-corrected chi connectivity index (χ3v) is 1.69. The summed E-state index contributed by atoms with van der Waals surface area (Å²) in [6, 6.07) is 3.58. The summed E-state index contributed by atoms with van der Waals surface area (Å²) in [5.41, 5.74) is 4.72. The zero-order valence-corrected chi connectivity index (χ0v) is 8.08. The van der Waals surface area contributed by atoms with Gasteiger partial charge in [-0.1, -0.05) is 0 Å². The molecule has 0 aliphatic carbocycles. The minimum atomic E-state index is -0.759. The van der Waals surface area contributed by atoms with Gasteiger partial charge in [0.05, 0.1) is 4.92 Å². The minimum absolute atomic E-state index is 0.159. The molecule has 0 aliphatic heterocycles. The largest absolute Gasteiger partial charge is 0.477 e. The number of nitro groups is 1. The topological polar surface area (TPSA) is 113 Å². The Bertz CT molecular complexity index is 444. The van der Waals surface area contributed by atoms with E-state index in [1.807, 2.05) is 0 Å². The highest BCUT2D eigenvalue weighted by atomic mass is 16.6. The Kier molecular flexibility index (Phi) is 3.54. The Hall–Kier alpha value is -2.44.